The maximum atomic E-state index is 13.0. The molecule has 1 aromatic heterocycles. The number of hydrogen-bond donors (Lipinski definition) is 1. The third-order valence-corrected chi connectivity index (χ3v) is 8.92. The van der Waals surface area contributed by atoms with Gasteiger partial charge in [0.05, 0.1) is 16.6 Å². The Hall–Kier alpha value is -2.08. The number of fused-ring (bicyclic) bond motifs is 1. The number of rotatable bonds is 5. The molecule has 0 saturated carbocycles. The molecule has 8 nitrogen and oxygen atoms in total. The highest BCUT2D eigenvalue weighted by Crippen LogP contribution is 2.28. The first-order valence-corrected chi connectivity index (χ1v) is 13.2. The quantitative estimate of drug-likeness (QED) is 0.619. The Balaban J connectivity index is 1.57. The first-order chi connectivity index (χ1) is 14.2. The van der Waals surface area contributed by atoms with Crippen LogP contribution in [0.1, 0.15) is 20.3 Å². The summed E-state index contributed by atoms with van der Waals surface area (Å²) in [6.45, 7) is 5.09. The molecular formula is C19H22N4O4S3. The molecule has 0 radical (unpaired) electrons. The minimum atomic E-state index is -3.90. The van der Waals surface area contributed by atoms with E-state index in [0.29, 0.717) is 36.0 Å². The van der Waals surface area contributed by atoms with Crippen molar-refractivity contribution in [2.75, 3.05) is 17.8 Å². The van der Waals surface area contributed by atoms with E-state index < -0.39 is 20.0 Å². The molecule has 2 atom stereocenters. The molecule has 30 heavy (non-hydrogen) atoms. The molecule has 2 unspecified atom stereocenters. The van der Waals surface area contributed by atoms with Crippen LogP contribution in [0.4, 0.5) is 5.69 Å². The van der Waals surface area contributed by atoms with Gasteiger partial charge in [-0.3, -0.25) is 4.72 Å². The number of benzene rings is 2. The molecule has 0 spiro atoms. The zero-order valence-corrected chi connectivity index (χ0v) is 19.0. The maximum Gasteiger partial charge on any atom is 0.264 e. The van der Waals surface area contributed by atoms with Gasteiger partial charge in [-0.15, -0.1) is 0 Å². The standard InChI is InChI=1S/C19H22N4O4S3/c1-13-10-14(2)12-23(11-13)30(26,27)16-8-6-15(7-9-16)22-29(24,25)18-5-3-4-17-19(18)21-28-20-17/h3-9,13-14,22H,10-12H2,1-2H3. The van der Waals surface area contributed by atoms with Gasteiger partial charge in [0.2, 0.25) is 10.0 Å². The van der Waals surface area contributed by atoms with Gasteiger partial charge in [0.1, 0.15) is 15.9 Å². The van der Waals surface area contributed by atoms with Gasteiger partial charge in [0, 0.05) is 18.8 Å². The van der Waals surface area contributed by atoms with Crippen molar-refractivity contribution in [2.45, 2.75) is 30.1 Å². The minimum absolute atomic E-state index is 0.0294. The molecular weight excluding hydrogens is 444 g/mol. The zero-order chi connectivity index (χ0) is 21.5. The van der Waals surface area contributed by atoms with Crippen molar-refractivity contribution < 1.29 is 16.8 Å². The van der Waals surface area contributed by atoms with Crippen molar-refractivity contribution in [3.05, 3.63) is 42.5 Å². The summed E-state index contributed by atoms with van der Waals surface area (Å²) in [5.74, 6) is 0.607. The second kappa shape index (κ2) is 7.88. The van der Waals surface area contributed by atoms with Crippen LogP contribution in [-0.4, -0.2) is 43.0 Å². The van der Waals surface area contributed by atoms with Gasteiger partial charge in [0.25, 0.3) is 10.0 Å². The van der Waals surface area contributed by atoms with Gasteiger partial charge < -0.3 is 0 Å². The lowest BCUT2D eigenvalue weighted by Gasteiger charge is -2.34. The molecule has 0 bridgehead atoms. The number of piperidine rings is 1. The van der Waals surface area contributed by atoms with Crippen LogP contribution in [0.15, 0.2) is 52.3 Å². The Morgan fingerprint density at radius 1 is 0.967 bits per heavy atom. The van der Waals surface area contributed by atoms with Crippen LogP contribution in [0.5, 0.6) is 0 Å². The van der Waals surface area contributed by atoms with Gasteiger partial charge in [-0.1, -0.05) is 19.9 Å². The molecule has 1 saturated heterocycles. The van der Waals surface area contributed by atoms with E-state index in [0.717, 1.165) is 18.1 Å². The summed E-state index contributed by atoms with van der Waals surface area (Å²) in [7, 11) is -7.52. The summed E-state index contributed by atoms with van der Waals surface area (Å²) in [6, 6.07) is 10.5. The lowest BCUT2D eigenvalue weighted by atomic mass is 9.94. The van der Waals surface area contributed by atoms with Crippen molar-refractivity contribution in [1.29, 1.82) is 0 Å². The molecule has 3 aromatic rings. The first-order valence-electron chi connectivity index (χ1n) is 9.51. The second-order valence-electron chi connectivity index (χ2n) is 7.79. The van der Waals surface area contributed by atoms with Gasteiger partial charge in [-0.2, -0.15) is 13.1 Å². The molecule has 4 rings (SSSR count). The van der Waals surface area contributed by atoms with Crippen molar-refractivity contribution >= 4 is 48.5 Å². The fraction of sp³-hybridized carbons (Fsp3) is 0.368. The van der Waals surface area contributed by atoms with Crippen LogP contribution in [0.2, 0.25) is 0 Å². The Kier molecular flexibility index (Phi) is 5.56. The summed E-state index contributed by atoms with van der Waals surface area (Å²) >= 11 is 0.944. The van der Waals surface area contributed by atoms with Crippen LogP contribution >= 0.6 is 11.7 Å². The van der Waals surface area contributed by atoms with E-state index >= 15 is 0 Å². The van der Waals surface area contributed by atoms with E-state index in [1.807, 2.05) is 0 Å². The van der Waals surface area contributed by atoms with E-state index in [9.17, 15) is 16.8 Å². The molecule has 160 valence electrons. The number of aromatic nitrogens is 2. The largest absolute Gasteiger partial charge is 0.280 e. The van der Waals surface area contributed by atoms with Gasteiger partial charge >= 0.3 is 0 Å². The van der Waals surface area contributed by atoms with Crippen LogP contribution in [0.25, 0.3) is 11.0 Å². The van der Waals surface area contributed by atoms with Crippen LogP contribution in [-0.2, 0) is 20.0 Å². The third kappa shape index (κ3) is 4.07. The Bertz CT molecular complexity index is 1260. The molecule has 1 aliphatic rings. The summed E-state index contributed by atoms with van der Waals surface area (Å²) in [5.41, 5.74) is 1.09. The molecule has 2 aromatic carbocycles. The van der Waals surface area contributed by atoms with E-state index in [-0.39, 0.29) is 15.5 Å². The molecule has 0 amide bonds. The molecule has 1 aliphatic heterocycles. The predicted octanol–water partition coefficient (Wildman–Crippen LogP) is 3.16. The summed E-state index contributed by atoms with van der Waals surface area (Å²) in [6.07, 6.45) is 1.01. The number of nitrogens with one attached hydrogen (secondary N) is 1. The highest BCUT2D eigenvalue weighted by atomic mass is 32.2. The molecule has 1 fully saturated rings. The normalized spacial score (nSPS) is 21.0. The number of hydrogen-bond acceptors (Lipinski definition) is 7. The van der Waals surface area contributed by atoms with Crippen LogP contribution in [0, 0.1) is 11.8 Å². The topological polar surface area (TPSA) is 109 Å². The van der Waals surface area contributed by atoms with Gasteiger partial charge in [-0.05, 0) is 54.7 Å². The molecule has 2 heterocycles. The highest BCUT2D eigenvalue weighted by Gasteiger charge is 2.31. The summed E-state index contributed by atoms with van der Waals surface area (Å²) in [5, 5.41) is 0. The van der Waals surface area contributed by atoms with Gasteiger partial charge in [-0.25, -0.2) is 16.8 Å². The highest BCUT2D eigenvalue weighted by molar-refractivity contribution is 7.93. The predicted molar refractivity (Wildman–Crippen MR) is 116 cm³/mol. The fourth-order valence-electron chi connectivity index (χ4n) is 3.85. The number of anilines is 1. The average Bonchev–Trinajstić information content (AvgIpc) is 3.16. The van der Waals surface area contributed by atoms with Crippen molar-refractivity contribution in [3.63, 3.8) is 0 Å². The fourth-order valence-corrected chi connectivity index (χ4v) is 7.36. The zero-order valence-electron chi connectivity index (χ0n) is 16.5. The lowest BCUT2D eigenvalue weighted by Crippen LogP contribution is -2.42. The number of nitrogens with zero attached hydrogens (tertiary/aromatic N) is 3. The molecule has 11 heteroatoms. The SMILES string of the molecule is CC1CC(C)CN(S(=O)(=O)c2ccc(NS(=O)(=O)c3cccc4nsnc34)cc2)C1. The van der Waals surface area contributed by atoms with Crippen LogP contribution in [0.3, 0.4) is 0 Å². The van der Waals surface area contributed by atoms with E-state index in [2.05, 4.69) is 27.3 Å². The Labute approximate surface area is 180 Å². The van der Waals surface area contributed by atoms with E-state index in [4.69, 9.17) is 0 Å². The Morgan fingerprint density at radius 2 is 1.63 bits per heavy atom. The second-order valence-corrected chi connectivity index (χ2v) is 11.9. The van der Waals surface area contributed by atoms with E-state index in [1.54, 1.807) is 12.1 Å². The van der Waals surface area contributed by atoms with Crippen LogP contribution < -0.4 is 4.72 Å². The maximum absolute atomic E-state index is 13.0. The smallest absolute Gasteiger partial charge is 0.264 e. The average molecular weight is 467 g/mol. The van der Waals surface area contributed by atoms with Crippen molar-refractivity contribution in [1.82, 2.24) is 13.1 Å². The Morgan fingerprint density at radius 3 is 2.30 bits per heavy atom. The van der Waals surface area contributed by atoms with Gasteiger partial charge in [0.15, 0.2) is 0 Å². The minimum Gasteiger partial charge on any atom is -0.280 e. The molecule has 1 N–H and O–H groups in total. The summed E-state index contributed by atoms with van der Waals surface area (Å²) in [4.78, 5) is 0.180. The van der Waals surface area contributed by atoms with Crippen molar-refractivity contribution in [3.8, 4) is 0 Å². The third-order valence-electron chi connectivity index (χ3n) is 5.12. The first kappa shape index (κ1) is 21.2. The molecule has 0 aliphatic carbocycles. The monoisotopic (exact) mass is 466 g/mol. The van der Waals surface area contributed by atoms with E-state index in [1.165, 1.54) is 34.6 Å². The van der Waals surface area contributed by atoms with Crippen molar-refractivity contribution in [2.24, 2.45) is 11.8 Å². The summed E-state index contributed by atoms with van der Waals surface area (Å²) < 4.78 is 63.7. The number of sulfonamides is 2. The lowest BCUT2D eigenvalue weighted by molar-refractivity contribution is 0.222.